The number of hydrogen-bond acceptors (Lipinski definition) is 6. The monoisotopic (exact) mass is 414 g/mol. The largest absolute Gasteiger partial charge is 0.396 e. The number of nitrogens with zero attached hydrogens (tertiary/aromatic N) is 2. The first-order chi connectivity index (χ1) is 14.2. The fourth-order valence-corrected chi connectivity index (χ4v) is 4.17. The summed E-state index contributed by atoms with van der Waals surface area (Å²) in [6.45, 7) is 5.87. The van der Waals surface area contributed by atoms with Crippen molar-refractivity contribution >= 4 is 17.4 Å². The molecule has 0 atom stereocenters. The van der Waals surface area contributed by atoms with Gasteiger partial charge in [0.25, 0.3) is 5.91 Å². The van der Waals surface area contributed by atoms with E-state index in [2.05, 4.69) is 24.3 Å². The number of fused-ring (bicyclic) bond motifs is 1. The van der Waals surface area contributed by atoms with E-state index in [-0.39, 0.29) is 30.5 Å². The molecule has 8 heteroatoms. The molecule has 0 fully saturated rings. The van der Waals surface area contributed by atoms with Crippen molar-refractivity contribution in [1.82, 2.24) is 9.78 Å². The molecule has 0 saturated carbocycles. The van der Waals surface area contributed by atoms with Crippen molar-refractivity contribution in [3.05, 3.63) is 40.7 Å². The van der Waals surface area contributed by atoms with Crippen LogP contribution in [0.4, 0.5) is 5.69 Å². The van der Waals surface area contributed by atoms with Crippen LogP contribution in [0.25, 0.3) is 5.69 Å². The highest BCUT2D eigenvalue weighted by molar-refractivity contribution is 6.00. The zero-order valence-electron chi connectivity index (χ0n) is 17.7. The van der Waals surface area contributed by atoms with Crippen molar-refractivity contribution in [2.75, 3.05) is 18.5 Å². The molecule has 1 aliphatic rings. The number of hydrogen-bond donors (Lipinski definition) is 4. The predicted octanol–water partition coefficient (Wildman–Crippen LogP) is 1.98. The first-order valence-corrected chi connectivity index (χ1v) is 10.2. The van der Waals surface area contributed by atoms with Gasteiger partial charge in [0.1, 0.15) is 0 Å². The minimum atomic E-state index is -0.578. The van der Waals surface area contributed by atoms with Gasteiger partial charge in [0.15, 0.2) is 5.78 Å². The minimum Gasteiger partial charge on any atom is -0.396 e. The fourth-order valence-electron chi connectivity index (χ4n) is 4.17. The maximum Gasteiger partial charge on any atom is 0.250 e. The molecule has 8 nitrogen and oxygen atoms in total. The molecule has 0 unspecified atom stereocenters. The number of benzene rings is 1. The molecule has 1 amide bonds. The van der Waals surface area contributed by atoms with E-state index >= 15 is 0 Å². The Morgan fingerprint density at radius 1 is 1.27 bits per heavy atom. The Kier molecular flexibility index (Phi) is 6.28. The molecule has 3 rings (SSSR count). The first kappa shape index (κ1) is 22.0. The van der Waals surface area contributed by atoms with Crippen LogP contribution in [0.2, 0.25) is 0 Å². The zero-order valence-corrected chi connectivity index (χ0v) is 17.7. The summed E-state index contributed by atoms with van der Waals surface area (Å²) >= 11 is 0. The van der Waals surface area contributed by atoms with Crippen molar-refractivity contribution in [3.8, 4) is 5.69 Å². The predicted molar refractivity (Wildman–Crippen MR) is 114 cm³/mol. The number of aliphatic hydroxyl groups excluding tert-OH is 2. The Balaban J connectivity index is 2.07. The van der Waals surface area contributed by atoms with Gasteiger partial charge in [-0.3, -0.25) is 9.59 Å². The molecule has 1 aliphatic carbocycles. The quantitative estimate of drug-likeness (QED) is 0.522. The molecule has 1 aromatic heterocycles. The molecule has 0 saturated heterocycles. The molecular weight excluding hydrogens is 384 g/mol. The van der Waals surface area contributed by atoms with E-state index in [0.29, 0.717) is 53.9 Å². The van der Waals surface area contributed by atoms with Crippen LogP contribution in [0.15, 0.2) is 18.2 Å². The summed E-state index contributed by atoms with van der Waals surface area (Å²) in [7, 11) is 0. The number of carbonyl (C=O) groups is 2. The number of amides is 1. The first-order valence-electron chi connectivity index (χ1n) is 10.2. The highest BCUT2D eigenvalue weighted by Gasteiger charge is 2.35. The molecule has 30 heavy (non-hydrogen) atoms. The SMILES string of the molecule is Cc1nn(-c2ccc(C(N)=O)c(NC(CCO)CCO)c2)c2c1C(=O)CC(C)(C)C2. The average molecular weight is 415 g/mol. The third-order valence-electron chi connectivity index (χ3n) is 5.55. The van der Waals surface area contributed by atoms with E-state index in [1.54, 1.807) is 22.9 Å². The summed E-state index contributed by atoms with van der Waals surface area (Å²) in [5.41, 5.74) is 9.17. The van der Waals surface area contributed by atoms with Gasteiger partial charge in [-0.05, 0) is 49.8 Å². The lowest BCUT2D eigenvalue weighted by Gasteiger charge is -2.29. The second kappa shape index (κ2) is 8.57. The number of rotatable bonds is 8. The van der Waals surface area contributed by atoms with Crippen molar-refractivity contribution in [2.24, 2.45) is 11.1 Å². The lowest BCUT2D eigenvalue weighted by atomic mass is 9.75. The number of aryl methyl sites for hydroxylation is 1. The number of aliphatic hydroxyl groups is 2. The molecule has 0 radical (unpaired) electrons. The molecule has 1 heterocycles. The van der Waals surface area contributed by atoms with Gasteiger partial charge in [-0.15, -0.1) is 0 Å². The van der Waals surface area contributed by atoms with Gasteiger partial charge < -0.3 is 21.3 Å². The minimum absolute atomic E-state index is 0.0493. The molecule has 2 aromatic rings. The van der Waals surface area contributed by atoms with Crippen molar-refractivity contribution in [3.63, 3.8) is 0 Å². The van der Waals surface area contributed by atoms with Crippen molar-refractivity contribution < 1.29 is 19.8 Å². The summed E-state index contributed by atoms with van der Waals surface area (Å²) in [5, 5.41) is 26.4. The fraction of sp³-hybridized carbons (Fsp3) is 0.500. The number of primary amides is 1. The number of carbonyl (C=O) groups excluding carboxylic acids is 2. The second-order valence-electron chi connectivity index (χ2n) is 8.72. The maximum absolute atomic E-state index is 12.7. The summed E-state index contributed by atoms with van der Waals surface area (Å²) < 4.78 is 1.77. The van der Waals surface area contributed by atoms with Crippen molar-refractivity contribution in [1.29, 1.82) is 0 Å². The Hall–Kier alpha value is -2.71. The Morgan fingerprint density at radius 3 is 2.53 bits per heavy atom. The lowest BCUT2D eigenvalue weighted by Crippen LogP contribution is -2.28. The van der Waals surface area contributed by atoms with Crippen LogP contribution < -0.4 is 11.1 Å². The normalized spacial score (nSPS) is 15.3. The van der Waals surface area contributed by atoms with Crippen LogP contribution in [0, 0.1) is 12.3 Å². The number of aromatic nitrogens is 2. The van der Waals surface area contributed by atoms with Gasteiger partial charge >= 0.3 is 0 Å². The van der Waals surface area contributed by atoms with Crippen LogP contribution in [-0.4, -0.2) is 50.9 Å². The highest BCUT2D eigenvalue weighted by Crippen LogP contribution is 2.37. The van der Waals surface area contributed by atoms with Crippen LogP contribution in [0.5, 0.6) is 0 Å². The van der Waals surface area contributed by atoms with Gasteiger partial charge in [0.05, 0.1) is 28.2 Å². The summed E-state index contributed by atoms with van der Waals surface area (Å²) in [5.74, 6) is -0.478. The number of nitrogens with one attached hydrogen (secondary N) is 1. The molecule has 1 aromatic carbocycles. The molecule has 0 aliphatic heterocycles. The van der Waals surface area contributed by atoms with E-state index in [4.69, 9.17) is 5.73 Å². The molecule has 162 valence electrons. The number of nitrogens with two attached hydrogens (primary N) is 1. The number of ketones is 1. The summed E-state index contributed by atoms with van der Waals surface area (Å²) in [4.78, 5) is 24.6. The zero-order chi connectivity index (χ0) is 22.1. The topological polar surface area (TPSA) is 130 Å². The van der Waals surface area contributed by atoms with Gasteiger partial charge in [-0.25, -0.2) is 4.68 Å². The lowest BCUT2D eigenvalue weighted by molar-refractivity contribution is 0.0909. The molecule has 5 N–H and O–H groups in total. The van der Waals surface area contributed by atoms with Crippen LogP contribution >= 0.6 is 0 Å². The van der Waals surface area contributed by atoms with E-state index < -0.39 is 5.91 Å². The van der Waals surface area contributed by atoms with E-state index in [1.165, 1.54) is 0 Å². The van der Waals surface area contributed by atoms with E-state index in [0.717, 1.165) is 5.69 Å². The Labute approximate surface area is 176 Å². The second-order valence-corrected chi connectivity index (χ2v) is 8.72. The van der Waals surface area contributed by atoms with Gasteiger partial charge in [0, 0.05) is 31.4 Å². The van der Waals surface area contributed by atoms with Crippen LogP contribution in [0.3, 0.4) is 0 Å². The summed E-state index contributed by atoms with van der Waals surface area (Å²) in [6, 6.07) is 4.95. The smallest absolute Gasteiger partial charge is 0.250 e. The van der Waals surface area contributed by atoms with Crippen LogP contribution in [-0.2, 0) is 6.42 Å². The Morgan fingerprint density at radius 2 is 1.93 bits per heavy atom. The van der Waals surface area contributed by atoms with Crippen molar-refractivity contribution in [2.45, 2.75) is 52.5 Å². The average Bonchev–Trinajstić information content (AvgIpc) is 2.97. The van der Waals surface area contributed by atoms with Gasteiger partial charge in [-0.1, -0.05) is 13.8 Å². The molecule has 0 bridgehead atoms. The van der Waals surface area contributed by atoms with E-state index in [1.807, 2.05) is 6.92 Å². The third kappa shape index (κ3) is 4.39. The van der Waals surface area contributed by atoms with E-state index in [9.17, 15) is 19.8 Å². The third-order valence-corrected chi connectivity index (χ3v) is 5.55. The summed E-state index contributed by atoms with van der Waals surface area (Å²) in [6.07, 6.45) is 2.04. The highest BCUT2D eigenvalue weighted by atomic mass is 16.3. The van der Waals surface area contributed by atoms with Gasteiger partial charge in [-0.2, -0.15) is 5.10 Å². The Bertz CT molecular complexity index is 958. The molecule has 0 spiro atoms. The number of anilines is 1. The molecular formula is C22H30N4O4. The maximum atomic E-state index is 12.7. The van der Waals surface area contributed by atoms with Gasteiger partial charge in [0.2, 0.25) is 0 Å². The standard InChI is InChI=1S/C22H30N4O4/c1-13-20-18(11-22(2,3)12-19(20)29)26(25-13)15-4-5-16(21(23)30)17(10-15)24-14(6-8-27)7-9-28/h4-5,10,14,24,27-28H,6-9,11-12H2,1-3H3,(H2,23,30). The number of Topliss-reactive ketones (excluding diaryl/α,β-unsaturated/α-hetero) is 1. The van der Waals surface area contributed by atoms with Crippen LogP contribution in [0.1, 0.15) is 65.2 Å².